The highest BCUT2D eigenvalue weighted by Crippen LogP contribution is 2.19. The second-order valence-electron chi connectivity index (χ2n) is 2.53. The summed E-state index contributed by atoms with van der Waals surface area (Å²) in [6.07, 6.45) is 0. The van der Waals surface area contributed by atoms with Crippen LogP contribution in [0.15, 0.2) is 18.2 Å². The smallest absolute Gasteiger partial charge is 0.137 e. The van der Waals surface area contributed by atoms with Crippen LogP contribution in [0.2, 0.25) is 0 Å². The average Bonchev–Trinajstić information content (AvgIpc) is 2.15. The predicted molar refractivity (Wildman–Crippen MR) is 46.1 cm³/mol. The molecule has 5 heteroatoms. The molecule has 0 saturated carbocycles. The summed E-state index contributed by atoms with van der Waals surface area (Å²) in [5.74, 6) is -1.16. The van der Waals surface area contributed by atoms with Gasteiger partial charge in [0, 0.05) is 5.69 Å². The molecule has 14 heavy (non-hydrogen) atoms. The molecule has 0 aliphatic heterocycles. The number of nitrogen functional groups attached to an aromatic ring is 1. The summed E-state index contributed by atoms with van der Waals surface area (Å²) in [5.41, 5.74) is 6.04. The lowest BCUT2D eigenvalue weighted by atomic mass is 10.2. The lowest BCUT2D eigenvalue weighted by Gasteiger charge is -2.08. The number of carboxylic acids is 1. The van der Waals surface area contributed by atoms with Crippen molar-refractivity contribution in [1.82, 2.24) is 0 Å². The molecule has 1 aromatic carbocycles. The summed E-state index contributed by atoms with van der Waals surface area (Å²) in [4.78, 5) is 10.1. The van der Waals surface area contributed by atoms with Crippen molar-refractivity contribution in [3.8, 4) is 11.8 Å². The molecule has 1 rings (SSSR count). The minimum Gasteiger partial charge on any atom is -0.546 e. The third-order valence-electron chi connectivity index (χ3n) is 1.47. The summed E-state index contributed by atoms with van der Waals surface area (Å²) in [5, 5.41) is 18.8. The van der Waals surface area contributed by atoms with Gasteiger partial charge in [-0.1, -0.05) is 0 Å². The molecule has 0 amide bonds. The minimum atomic E-state index is -1.34. The summed E-state index contributed by atoms with van der Waals surface area (Å²) in [7, 11) is 0. The van der Waals surface area contributed by atoms with E-state index in [1.165, 1.54) is 18.2 Å². The van der Waals surface area contributed by atoms with Gasteiger partial charge in [-0.25, -0.2) is 0 Å². The standard InChI is InChI=1S/C9H8N2O3/c10-4-6-3-7(11)1-2-8(6)14-5-9(12)13/h1-3H,5,11H2,(H,12,13)/p-1. The Morgan fingerprint density at radius 3 is 2.93 bits per heavy atom. The summed E-state index contributed by atoms with van der Waals surface area (Å²) < 4.78 is 4.80. The molecule has 0 radical (unpaired) electrons. The highest BCUT2D eigenvalue weighted by Gasteiger charge is 2.03. The van der Waals surface area contributed by atoms with Crippen LogP contribution in [-0.4, -0.2) is 12.6 Å². The maximum Gasteiger partial charge on any atom is 0.137 e. The molecular formula is C9H7N2O3-. The third kappa shape index (κ3) is 2.38. The number of benzene rings is 1. The lowest BCUT2D eigenvalue weighted by Crippen LogP contribution is -2.29. The monoisotopic (exact) mass is 191 g/mol. The Bertz CT molecular complexity index is 396. The van der Waals surface area contributed by atoms with Crippen LogP contribution in [0.1, 0.15) is 5.56 Å². The molecule has 0 aromatic heterocycles. The van der Waals surface area contributed by atoms with Gasteiger partial charge in [0.05, 0.1) is 11.5 Å². The Morgan fingerprint density at radius 1 is 1.64 bits per heavy atom. The quantitative estimate of drug-likeness (QED) is 0.635. The predicted octanol–water partition coefficient (Wildman–Crippen LogP) is -0.731. The number of hydrogen-bond donors (Lipinski definition) is 1. The Hall–Kier alpha value is -2.22. The number of anilines is 1. The van der Waals surface area contributed by atoms with E-state index in [-0.39, 0.29) is 11.3 Å². The van der Waals surface area contributed by atoms with E-state index >= 15 is 0 Å². The second kappa shape index (κ2) is 4.14. The van der Waals surface area contributed by atoms with E-state index in [4.69, 9.17) is 15.7 Å². The highest BCUT2D eigenvalue weighted by molar-refractivity contribution is 5.66. The second-order valence-corrected chi connectivity index (χ2v) is 2.53. The van der Waals surface area contributed by atoms with Crippen LogP contribution in [-0.2, 0) is 4.79 Å². The van der Waals surface area contributed by atoms with E-state index in [0.717, 1.165) is 0 Å². The summed E-state index contributed by atoms with van der Waals surface area (Å²) >= 11 is 0. The number of carbonyl (C=O) groups is 1. The molecule has 0 aliphatic carbocycles. The molecule has 0 unspecified atom stereocenters. The zero-order valence-electron chi connectivity index (χ0n) is 7.19. The maximum atomic E-state index is 10.1. The molecular weight excluding hydrogens is 184 g/mol. The van der Waals surface area contributed by atoms with Crippen molar-refractivity contribution in [3.05, 3.63) is 23.8 Å². The van der Waals surface area contributed by atoms with Crippen molar-refractivity contribution in [2.75, 3.05) is 12.3 Å². The number of nitriles is 1. The van der Waals surface area contributed by atoms with Crippen molar-refractivity contribution >= 4 is 11.7 Å². The Labute approximate surface area is 80.3 Å². The van der Waals surface area contributed by atoms with Gasteiger partial charge in [0.25, 0.3) is 0 Å². The first kappa shape index (κ1) is 9.86. The van der Waals surface area contributed by atoms with Crippen LogP contribution in [0.5, 0.6) is 5.75 Å². The van der Waals surface area contributed by atoms with Crippen molar-refractivity contribution in [1.29, 1.82) is 5.26 Å². The molecule has 0 heterocycles. The molecule has 2 N–H and O–H groups in total. The molecule has 5 nitrogen and oxygen atoms in total. The van der Waals surface area contributed by atoms with Crippen LogP contribution in [0, 0.1) is 11.3 Å². The summed E-state index contributed by atoms with van der Waals surface area (Å²) in [6.45, 7) is -0.585. The zero-order chi connectivity index (χ0) is 10.6. The van der Waals surface area contributed by atoms with Gasteiger partial charge in [-0.15, -0.1) is 0 Å². The van der Waals surface area contributed by atoms with Crippen LogP contribution in [0.4, 0.5) is 5.69 Å². The van der Waals surface area contributed by atoms with Crippen LogP contribution in [0.25, 0.3) is 0 Å². The maximum absolute atomic E-state index is 10.1. The van der Waals surface area contributed by atoms with Gasteiger partial charge in [0.1, 0.15) is 18.4 Å². The van der Waals surface area contributed by atoms with E-state index in [2.05, 4.69) is 0 Å². The third-order valence-corrected chi connectivity index (χ3v) is 1.47. The molecule has 0 bridgehead atoms. The van der Waals surface area contributed by atoms with Gasteiger partial charge in [-0.2, -0.15) is 5.26 Å². The zero-order valence-corrected chi connectivity index (χ0v) is 7.19. The van der Waals surface area contributed by atoms with Crippen molar-refractivity contribution < 1.29 is 14.6 Å². The van der Waals surface area contributed by atoms with Crippen molar-refractivity contribution in [3.63, 3.8) is 0 Å². The van der Waals surface area contributed by atoms with E-state index in [0.29, 0.717) is 5.69 Å². The fourth-order valence-electron chi connectivity index (χ4n) is 0.898. The molecule has 1 aromatic rings. The largest absolute Gasteiger partial charge is 0.546 e. The number of carbonyl (C=O) groups excluding carboxylic acids is 1. The summed E-state index contributed by atoms with van der Waals surface area (Å²) in [6, 6.07) is 6.21. The van der Waals surface area contributed by atoms with E-state index in [9.17, 15) is 9.90 Å². The van der Waals surface area contributed by atoms with Gasteiger partial charge in [-0.3, -0.25) is 0 Å². The number of ether oxygens (including phenoxy) is 1. The molecule has 0 spiro atoms. The van der Waals surface area contributed by atoms with E-state index in [1.54, 1.807) is 0 Å². The number of hydrogen-bond acceptors (Lipinski definition) is 5. The minimum absolute atomic E-state index is 0.186. The molecule has 0 atom stereocenters. The lowest BCUT2D eigenvalue weighted by molar-refractivity contribution is -0.307. The average molecular weight is 191 g/mol. The topological polar surface area (TPSA) is 99.2 Å². The van der Waals surface area contributed by atoms with Gasteiger partial charge < -0.3 is 20.4 Å². The van der Waals surface area contributed by atoms with Crippen LogP contribution in [0.3, 0.4) is 0 Å². The van der Waals surface area contributed by atoms with E-state index in [1.807, 2.05) is 6.07 Å². The number of nitrogens with two attached hydrogens (primary N) is 1. The van der Waals surface area contributed by atoms with Crippen LogP contribution >= 0.6 is 0 Å². The van der Waals surface area contributed by atoms with Gasteiger partial charge >= 0.3 is 0 Å². The molecule has 72 valence electrons. The molecule has 0 aliphatic rings. The van der Waals surface area contributed by atoms with Gasteiger partial charge in [-0.05, 0) is 18.2 Å². The first-order valence-corrected chi connectivity index (χ1v) is 3.75. The highest BCUT2D eigenvalue weighted by atomic mass is 16.5. The first-order valence-electron chi connectivity index (χ1n) is 3.75. The van der Waals surface area contributed by atoms with Crippen molar-refractivity contribution in [2.45, 2.75) is 0 Å². The SMILES string of the molecule is N#Cc1cc(N)ccc1OCC(=O)[O-]. The molecule has 0 fully saturated rings. The number of carboxylic acid groups (broad SMARTS) is 1. The van der Waals surface area contributed by atoms with Crippen molar-refractivity contribution in [2.24, 2.45) is 0 Å². The number of aliphatic carboxylic acids is 1. The van der Waals surface area contributed by atoms with E-state index < -0.39 is 12.6 Å². The normalized spacial score (nSPS) is 9.07. The Balaban J connectivity index is 2.87. The Morgan fingerprint density at radius 2 is 2.36 bits per heavy atom. The fourth-order valence-corrected chi connectivity index (χ4v) is 0.898. The number of nitrogens with zero attached hydrogens (tertiary/aromatic N) is 1. The van der Waals surface area contributed by atoms with Gasteiger partial charge in [0.2, 0.25) is 0 Å². The molecule has 0 saturated heterocycles. The van der Waals surface area contributed by atoms with Gasteiger partial charge in [0.15, 0.2) is 0 Å². The number of rotatable bonds is 3. The first-order chi connectivity index (χ1) is 6.63. The fraction of sp³-hybridized carbons (Fsp3) is 0.111. The Kier molecular flexibility index (Phi) is 2.92. The van der Waals surface area contributed by atoms with Crippen LogP contribution < -0.4 is 15.6 Å².